The Hall–Kier alpha value is -7.16. The van der Waals surface area contributed by atoms with Crippen molar-refractivity contribution in [3.05, 3.63) is 216 Å². The molecule has 2 heteroatoms. The van der Waals surface area contributed by atoms with Crippen LogP contribution >= 0.6 is 0 Å². The summed E-state index contributed by atoms with van der Waals surface area (Å²) in [5.74, 6) is 0.507. The Kier molecular flexibility index (Phi) is 6.80. The summed E-state index contributed by atoms with van der Waals surface area (Å²) in [6.07, 6.45) is 0. The van der Waals surface area contributed by atoms with Crippen molar-refractivity contribution in [1.29, 1.82) is 0 Å². The van der Waals surface area contributed by atoms with Gasteiger partial charge in [-0.2, -0.15) is 0 Å². The number of rotatable bonds is 4. The van der Waals surface area contributed by atoms with Gasteiger partial charge in [0.05, 0.1) is 5.41 Å². The highest BCUT2D eigenvalue weighted by molar-refractivity contribution is 6.09. The van der Waals surface area contributed by atoms with Crippen LogP contribution in [0.25, 0.3) is 76.5 Å². The Morgan fingerprint density at radius 2 is 0.673 bits per heavy atom. The third-order valence-electron chi connectivity index (χ3n) is 11.9. The third-order valence-corrected chi connectivity index (χ3v) is 11.9. The first-order chi connectivity index (χ1) is 27.1. The van der Waals surface area contributed by atoms with Crippen molar-refractivity contribution in [3.63, 3.8) is 0 Å². The number of hydrogen-bond acceptors (Lipinski definition) is 2. The maximum absolute atomic E-state index is 10.4. The van der Waals surface area contributed by atoms with E-state index >= 15 is 0 Å². The molecule has 0 spiro atoms. The van der Waals surface area contributed by atoms with E-state index in [4.69, 9.17) is 0 Å². The fourth-order valence-electron chi connectivity index (χ4n) is 9.50. The lowest BCUT2D eigenvalue weighted by Gasteiger charge is -2.34. The minimum atomic E-state index is -0.718. The van der Waals surface area contributed by atoms with Crippen molar-refractivity contribution in [2.45, 2.75) is 5.41 Å². The predicted molar refractivity (Wildman–Crippen MR) is 228 cm³/mol. The van der Waals surface area contributed by atoms with Crippen LogP contribution in [0.15, 0.2) is 194 Å². The van der Waals surface area contributed by atoms with Crippen LogP contribution < -0.4 is 0 Å². The van der Waals surface area contributed by atoms with Gasteiger partial charge in [-0.15, -0.1) is 0 Å². The summed E-state index contributed by atoms with van der Waals surface area (Å²) in [4.78, 5) is 0. The Balaban J connectivity index is 1.34. The van der Waals surface area contributed by atoms with Gasteiger partial charge < -0.3 is 10.2 Å². The summed E-state index contributed by atoms with van der Waals surface area (Å²) in [6, 6.07) is 69.0. The molecule has 2 nitrogen and oxygen atoms in total. The van der Waals surface area contributed by atoms with Gasteiger partial charge >= 0.3 is 0 Å². The van der Waals surface area contributed by atoms with Crippen molar-refractivity contribution < 1.29 is 10.2 Å². The molecule has 258 valence electrons. The number of fused-ring (bicyclic) bond motifs is 7. The highest BCUT2D eigenvalue weighted by Crippen LogP contribution is 2.61. The first kappa shape index (κ1) is 31.4. The van der Waals surface area contributed by atoms with Crippen molar-refractivity contribution in [2.24, 2.45) is 0 Å². The van der Waals surface area contributed by atoms with Crippen molar-refractivity contribution in [2.75, 3.05) is 0 Å². The second kappa shape index (κ2) is 11.9. The van der Waals surface area contributed by atoms with Gasteiger partial charge in [-0.3, -0.25) is 0 Å². The molecular formula is C53H34O2. The van der Waals surface area contributed by atoms with E-state index in [0.717, 1.165) is 32.7 Å². The Bertz CT molecular complexity index is 2960. The van der Waals surface area contributed by atoms with Crippen molar-refractivity contribution in [3.8, 4) is 44.9 Å². The molecule has 10 aromatic carbocycles. The molecule has 10 aromatic rings. The van der Waals surface area contributed by atoms with Crippen LogP contribution in [-0.2, 0) is 5.41 Å². The lowest BCUT2D eigenvalue weighted by atomic mass is 9.67. The lowest BCUT2D eigenvalue weighted by molar-refractivity contribution is 0.475. The lowest BCUT2D eigenvalue weighted by Crippen LogP contribution is -2.28. The van der Waals surface area contributed by atoms with E-state index in [1.54, 1.807) is 12.1 Å². The van der Waals surface area contributed by atoms with Crippen LogP contribution in [0.1, 0.15) is 22.3 Å². The molecule has 0 radical (unpaired) electrons. The van der Waals surface area contributed by atoms with Crippen LogP contribution in [0.3, 0.4) is 0 Å². The highest BCUT2D eigenvalue weighted by atomic mass is 16.3. The molecule has 1 aliphatic carbocycles. The smallest absolute Gasteiger partial charge is 0.116 e. The highest BCUT2D eigenvalue weighted by Gasteiger charge is 2.48. The molecule has 55 heavy (non-hydrogen) atoms. The zero-order valence-corrected chi connectivity index (χ0v) is 29.9. The van der Waals surface area contributed by atoms with Gasteiger partial charge in [0.25, 0.3) is 0 Å². The van der Waals surface area contributed by atoms with E-state index in [1.807, 2.05) is 24.3 Å². The van der Waals surface area contributed by atoms with E-state index in [9.17, 15) is 10.2 Å². The summed E-state index contributed by atoms with van der Waals surface area (Å²) in [5, 5.41) is 29.8. The van der Waals surface area contributed by atoms with Crippen LogP contribution in [0, 0.1) is 0 Å². The average Bonchev–Trinajstić information content (AvgIpc) is 3.54. The summed E-state index contributed by atoms with van der Waals surface area (Å²) < 4.78 is 0. The minimum Gasteiger partial charge on any atom is -0.508 e. The first-order valence-electron chi connectivity index (χ1n) is 18.8. The Morgan fingerprint density at radius 3 is 1.16 bits per heavy atom. The van der Waals surface area contributed by atoms with Gasteiger partial charge in [0.15, 0.2) is 0 Å². The second-order valence-corrected chi connectivity index (χ2v) is 14.8. The molecule has 11 rings (SSSR count). The maximum atomic E-state index is 10.4. The standard InChI is InChI=1S/C53H34O2/c54-41-27-23-35-29-39(25-21-37(35)31-41)53(40-26-22-38-32-42(55)28-24-36(38)30-40)49-19-7-17-47(45-15-5-11-33-9-1-3-13-43(33)45)51(49)52-48(18-8-20-50(52)53)46-16-6-12-34-10-2-4-14-44(34)46/h1-32,54-55H. The van der Waals surface area contributed by atoms with Crippen molar-refractivity contribution in [1.82, 2.24) is 0 Å². The van der Waals surface area contributed by atoms with E-state index in [2.05, 4.69) is 158 Å². The molecule has 0 atom stereocenters. The molecule has 0 saturated carbocycles. The molecular weight excluding hydrogens is 669 g/mol. The fraction of sp³-hybridized carbons (Fsp3) is 0.0189. The molecule has 0 saturated heterocycles. The first-order valence-corrected chi connectivity index (χ1v) is 18.8. The molecule has 0 unspecified atom stereocenters. The molecule has 0 aromatic heterocycles. The van der Waals surface area contributed by atoms with Crippen molar-refractivity contribution >= 4 is 43.1 Å². The van der Waals surface area contributed by atoms with Crippen LogP contribution in [0.4, 0.5) is 0 Å². The molecule has 0 heterocycles. The number of aromatic hydroxyl groups is 2. The van der Waals surface area contributed by atoms with Crippen LogP contribution in [0.5, 0.6) is 11.5 Å². The zero-order chi connectivity index (χ0) is 36.7. The van der Waals surface area contributed by atoms with Gasteiger partial charge in [-0.1, -0.05) is 158 Å². The summed E-state index contributed by atoms with van der Waals surface area (Å²) >= 11 is 0. The maximum Gasteiger partial charge on any atom is 0.116 e. The van der Waals surface area contributed by atoms with Crippen LogP contribution in [-0.4, -0.2) is 10.2 Å². The zero-order valence-electron chi connectivity index (χ0n) is 29.9. The monoisotopic (exact) mass is 702 g/mol. The number of phenolic OH excluding ortho intramolecular Hbond substituents is 2. The SMILES string of the molecule is Oc1ccc2cc(C3(c4ccc5cc(O)ccc5c4)c4cccc(-c5cccc6ccccc56)c4-c4c(-c5cccc6ccccc56)cccc43)ccc2c1. The number of phenols is 2. The number of benzene rings is 10. The van der Waals surface area contributed by atoms with Gasteiger partial charge in [-0.25, -0.2) is 0 Å². The van der Waals surface area contributed by atoms with Gasteiger partial charge in [0.1, 0.15) is 11.5 Å². The predicted octanol–water partition coefficient (Wildman–Crippen LogP) is 13.4. The van der Waals surface area contributed by atoms with Crippen LogP contribution in [0.2, 0.25) is 0 Å². The molecule has 0 aliphatic heterocycles. The molecule has 1 aliphatic rings. The number of hydrogen-bond donors (Lipinski definition) is 2. The van der Waals surface area contributed by atoms with E-state index in [1.165, 1.54) is 66.1 Å². The largest absolute Gasteiger partial charge is 0.508 e. The van der Waals surface area contributed by atoms with Gasteiger partial charge in [-0.05, 0) is 135 Å². The summed E-state index contributed by atoms with van der Waals surface area (Å²) in [5.41, 5.74) is 11.3. The summed E-state index contributed by atoms with van der Waals surface area (Å²) in [7, 11) is 0. The molecule has 0 fully saturated rings. The Morgan fingerprint density at radius 1 is 0.291 bits per heavy atom. The third kappa shape index (κ3) is 4.62. The Labute approximate surface area is 318 Å². The normalized spacial score (nSPS) is 13.0. The second-order valence-electron chi connectivity index (χ2n) is 14.8. The topological polar surface area (TPSA) is 40.5 Å². The fourth-order valence-corrected chi connectivity index (χ4v) is 9.50. The van der Waals surface area contributed by atoms with E-state index < -0.39 is 5.41 Å². The minimum absolute atomic E-state index is 0.253. The van der Waals surface area contributed by atoms with E-state index in [-0.39, 0.29) is 11.5 Å². The summed E-state index contributed by atoms with van der Waals surface area (Å²) in [6.45, 7) is 0. The quantitative estimate of drug-likeness (QED) is 0.192. The van der Waals surface area contributed by atoms with Gasteiger partial charge in [0.2, 0.25) is 0 Å². The molecule has 0 bridgehead atoms. The molecule has 0 amide bonds. The van der Waals surface area contributed by atoms with Gasteiger partial charge in [0, 0.05) is 0 Å². The van der Waals surface area contributed by atoms with E-state index in [0.29, 0.717) is 0 Å². The average molecular weight is 703 g/mol. The molecule has 2 N–H and O–H groups in total.